The molecule has 0 amide bonds. The molecule has 2 heterocycles. The molecule has 0 aliphatic rings. The first kappa shape index (κ1) is 25.9. The number of para-hydroxylation sites is 1. The van der Waals surface area contributed by atoms with Crippen LogP contribution in [-0.2, 0) is 10.0 Å². The van der Waals surface area contributed by atoms with Crippen molar-refractivity contribution in [2.24, 2.45) is 0 Å². The molecule has 2 aromatic heterocycles. The number of benzene rings is 3. The van der Waals surface area contributed by atoms with E-state index in [-0.39, 0.29) is 39.9 Å². The summed E-state index contributed by atoms with van der Waals surface area (Å²) in [7, 11) is -3.73. The Balaban J connectivity index is 1.46. The highest BCUT2D eigenvalue weighted by atomic mass is 32.2. The van der Waals surface area contributed by atoms with Gasteiger partial charge in [-0.15, -0.1) is 0 Å². The summed E-state index contributed by atoms with van der Waals surface area (Å²) in [5.74, 6) is -3.00. The van der Waals surface area contributed by atoms with Crippen LogP contribution in [0.4, 0.5) is 24.7 Å². The highest BCUT2D eigenvalue weighted by Crippen LogP contribution is 2.32. The van der Waals surface area contributed by atoms with Gasteiger partial charge >= 0.3 is 0 Å². The van der Waals surface area contributed by atoms with E-state index in [1.165, 1.54) is 42.6 Å². The number of nitrogens with one attached hydrogen (secondary N) is 2. The number of carbonyl (C=O) groups is 1. The molecule has 200 valence electrons. The maximum absolute atomic E-state index is 15.2. The fourth-order valence-electron chi connectivity index (χ4n) is 4.10. The van der Waals surface area contributed by atoms with Gasteiger partial charge in [0.2, 0.25) is 15.8 Å². The van der Waals surface area contributed by atoms with Gasteiger partial charge in [0, 0.05) is 17.0 Å². The van der Waals surface area contributed by atoms with Crippen LogP contribution in [0.2, 0.25) is 0 Å². The zero-order valence-corrected chi connectivity index (χ0v) is 21.2. The maximum atomic E-state index is 15.2. The van der Waals surface area contributed by atoms with Crippen molar-refractivity contribution in [2.75, 3.05) is 16.7 Å². The quantitative estimate of drug-likeness (QED) is 0.241. The number of nitrogens with zero attached hydrogens (tertiary/aromatic N) is 2. The topological polar surface area (TPSA) is 132 Å². The third kappa shape index (κ3) is 5.03. The molecular weight excluding hydrogens is 535 g/mol. The number of rotatable bonds is 7. The number of ether oxygens (including phenoxy) is 1. The molecule has 13 heteroatoms. The van der Waals surface area contributed by atoms with Gasteiger partial charge in [0.05, 0.1) is 29.4 Å². The average Bonchev–Trinajstić information content (AvgIpc) is 3.42. The molecule has 39 heavy (non-hydrogen) atoms. The monoisotopic (exact) mass is 555 g/mol. The van der Waals surface area contributed by atoms with Crippen molar-refractivity contribution in [3.63, 3.8) is 0 Å². The van der Waals surface area contributed by atoms with Crippen LogP contribution >= 0.6 is 0 Å². The lowest BCUT2D eigenvalue weighted by atomic mass is 10.1. The van der Waals surface area contributed by atoms with E-state index in [4.69, 9.17) is 10.5 Å². The second-order valence-electron chi connectivity index (χ2n) is 8.76. The molecule has 0 fully saturated rings. The van der Waals surface area contributed by atoms with E-state index >= 15 is 4.39 Å². The number of aryl methyl sites for hydroxylation is 1. The summed E-state index contributed by atoms with van der Waals surface area (Å²) in [4.78, 5) is 16.0. The number of fused-ring (bicyclic) bond motifs is 1. The fraction of sp³-hybridized carbons (Fsp3) is 0.0769. The standard InChI is InChI=1S/C26H20F3N5O4S/c1-13-7-15(38-23-6-4-3-5-17(23)27)10-19(29)24(13)34-26(30)16(12-31-34)25(35)22-9-14-8-18(28)21(11-20(14)32-22)33-39(2,36)37/h3-12,32-33H,30H2,1-2H3. The van der Waals surface area contributed by atoms with Crippen molar-refractivity contribution < 1.29 is 31.1 Å². The number of aromatic amines is 1. The van der Waals surface area contributed by atoms with Crippen molar-refractivity contribution in [1.29, 1.82) is 0 Å². The molecule has 0 saturated heterocycles. The predicted octanol–water partition coefficient (Wildman–Crippen LogP) is 5.06. The van der Waals surface area contributed by atoms with Crippen LogP contribution in [0, 0.1) is 24.4 Å². The van der Waals surface area contributed by atoms with Crippen LogP contribution in [-0.4, -0.2) is 35.2 Å². The second-order valence-corrected chi connectivity index (χ2v) is 10.5. The van der Waals surface area contributed by atoms with E-state index < -0.39 is 33.3 Å². The van der Waals surface area contributed by atoms with E-state index in [1.807, 2.05) is 0 Å². The van der Waals surface area contributed by atoms with Crippen molar-refractivity contribution in [3.05, 3.63) is 95.1 Å². The van der Waals surface area contributed by atoms with E-state index in [0.717, 1.165) is 23.1 Å². The predicted molar refractivity (Wildman–Crippen MR) is 139 cm³/mol. The third-order valence-corrected chi connectivity index (χ3v) is 6.39. The molecule has 0 atom stereocenters. The molecule has 0 unspecified atom stereocenters. The lowest BCUT2D eigenvalue weighted by molar-refractivity contribution is 0.103. The lowest BCUT2D eigenvalue weighted by Crippen LogP contribution is -2.10. The third-order valence-electron chi connectivity index (χ3n) is 5.80. The van der Waals surface area contributed by atoms with Gasteiger partial charge in [0.1, 0.15) is 23.1 Å². The summed E-state index contributed by atoms with van der Waals surface area (Å²) in [5, 5.41) is 4.40. The summed E-state index contributed by atoms with van der Waals surface area (Å²) < 4.78 is 75.1. The second kappa shape index (κ2) is 9.51. The largest absolute Gasteiger partial charge is 0.454 e. The van der Waals surface area contributed by atoms with Crippen LogP contribution < -0.4 is 15.2 Å². The zero-order chi connectivity index (χ0) is 28.1. The molecule has 0 spiro atoms. The van der Waals surface area contributed by atoms with Crippen LogP contribution in [0.25, 0.3) is 16.6 Å². The smallest absolute Gasteiger partial charge is 0.229 e. The van der Waals surface area contributed by atoms with Gasteiger partial charge in [-0.05, 0) is 48.9 Å². The number of H-pyrrole nitrogens is 1. The molecular formula is C26H20F3N5O4S. The van der Waals surface area contributed by atoms with E-state index in [2.05, 4.69) is 14.8 Å². The maximum Gasteiger partial charge on any atom is 0.229 e. The first-order chi connectivity index (χ1) is 18.4. The van der Waals surface area contributed by atoms with Crippen LogP contribution in [0.3, 0.4) is 0 Å². The van der Waals surface area contributed by atoms with Crippen LogP contribution in [0.5, 0.6) is 11.5 Å². The first-order valence-electron chi connectivity index (χ1n) is 11.3. The van der Waals surface area contributed by atoms with Crippen LogP contribution in [0.1, 0.15) is 21.6 Å². The molecule has 5 rings (SSSR count). The summed E-state index contributed by atoms with van der Waals surface area (Å²) >= 11 is 0. The van der Waals surface area contributed by atoms with Gasteiger partial charge < -0.3 is 15.5 Å². The molecule has 5 aromatic rings. The summed E-state index contributed by atoms with van der Waals surface area (Å²) in [6.45, 7) is 1.57. The molecule has 0 aliphatic heterocycles. The number of halogens is 3. The molecule has 3 aromatic carbocycles. The van der Waals surface area contributed by atoms with Crippen LogP contribution in [0.15, 0.2) is 60.8 Å². The summed E-state index contributed by atoms with van der Waals surface area (Å²) in [5.41, 5.74) is 6.48. The number of hydrogen-bond donors (Lipinski definition) is 3. The molecule has 9 nitrogen and oxygen atoms in total. The van der Waals surface area contributed by atoms with Gasteiger partial charge in [-0.1, -0.05) is 12.1 Å². The van der Waals surface area contributed by atoms with E-state index in [1.54, 1.807) is 13.0 Å². The van der Waals surface area contributed by atoms with Gasteiger partial charge in [-0.25, -0.2) is 26.3 Å². The first-order valence-corrected chi connectivity index (χ1v) is 13.2. The number of nitrogens with two attached hydrogens (primary N) is 1. The Hall–Kier alpha value is -4.78. The number of nitrogen functional groups attached to an aromatic ring is 1. The zero-order valence-electron chi connectivity index (χ0n) is 20.4. The highest BCUT2D eigenvalue weighted by molar-refractivity contribution is 7.92. The minimum Gasteiger partial charge on any atom is -0.454 e. The Labute approximate surface area is 220 Å². The Kier molecular flexibility index (Phi) is 6.30. The molecule has 0 saturated carbocycles. The number of sulfonamides is 1. The molecule has 0 aliphatic carbocycles. The SMILES string of the molecule is Cc1cc(Oc2ccccc2F)cc(F)c1-n1ncc(C(=O)c2cc3cc(F)c(NS(C)(=O)=O)cc3[nH]2)c1N. The normalized spacial score (nSPS) is 11.6. The minimum atomic E-state index is -3.73. The summed E-state index contributed by atoms with van der Waals surface area (Å²) in [6.07, 6.45) is 2.05. The van der Waals surface area contributed by atoms with Gasteiger partial charge in [-0.3, -0.25) is 9.52 Å². The van der Waals surface area contributed by atoms with Crippen molar-refractivity contribution >= 4 is 38.2 Å². The Bertz CT molecular complexity index is 1860. The minimum absolute atomic E-state index is 0.0259. The summed E-state index contributed by atoms with van der Waals surface area (Å²) in [6, 6.07) is 11.9. The van der Waals surface area contributed by atoms with E-state index in [9.17, 15) is 22.0 Å². The number of carbonyl (C=O) groups excluding carboxylic acids is 1. The Morgan fingerprint density at radius 3 is 2.49 bits per heavy atom. The van der Waals surface area contributed by atoms with Gasteiger partial charge in [-0.2, -0.15) is 5.10 Å². The Morgan fingerprint density at radius 1 is 1.05 bits per heavy atom. The Morgan fingerprint density at radius 2 is 1.79 bits per heavy atom. The van der Waals surface area contributed by atoms with Gasteiger partial charge in [0.25, 0.3) is 0 Å². The molecule has 0 radical (unpaired) electrons. The highest BCUT2D eigenvalue weighted by Gasteiger charge is 2.23. The molecule has 4 N–H and O–H groups in total. The van der Waals surface area contributed by atoms with E-state index in [0.29, 0.717) is 16.5 Å². The van der Waals surface area contributed by atoms with Crippen molar-refractivity contribution in [3.8, 4) is 17.2 Å². The van der Waals surface area contributed by atoms with Crippen molar-refractivity contribution in [2.45, 2.75) is 6.92 Å². The van der Waals surface area contributed by atoms with Crippen molar-refractivity contribution in [1.82, 2.24) is 14.8 Å². The van der Waals surface area contributed by atoms with Gasteiger partial charge in [0.15, 0.2) is 17.4 Å². The number of aromatic nitrogens is 3. The fourth-order valence-corrected chi connectivity index (χ4v) is 4.65. The average molecular weight is 556 g/mol. The lowest BCUT2D eigenvalue weighted by Gasteiger charge is -2.13. The number of hydrogen-bond acceptors (Lipinski definition) is 6. The number of ketones is 1. The molecule has 0 bridgehead atoms. The number of anilines is 2.